The Morgan fingerprint density at radius 2 is 2.00 bits per heavy atom. The number of nitrogens with one attached hydrogen (secondary N) is 1. The van der Waals surface area contributed by atoms with Gasteiger partial charge in [0, 0.05) is 19.6 Å². The van der Waals surface area contributed by atoms with Crippen molar-refractivity contribution in [3.05, 3.63) is 28.8 Å². The number of halogens is 1. The molecule has 1 aromatic carbocycles. The predicted molar refractivity (Wildman–Crippen MR) is 81.1 cm³/mol. The Labute approximate surface area is 128 Å². The number of carboxylic acid groups (broad SMARTS) is 1. The molecule has 1 aliphatic rings. The molecule has 0 saturated carbocycles. The Balaban J connectivity index is 2.08. The first kappa shape index (κ1) is 15.6. The van der Waals surface area contributed by atoms with Crippen LogP contribution in [0.1, 0.15) is 16.8 Å². The summed E-state index contributed by atoms with van der Waals surface area (Å²) >= 11 is 6.00. The lowest BCUT2D eigenvalue weighted by molar-refractivity contribution is 0.0697. The maximum atomic E-state index is 12.3. The molecule has 1 aromatic rings. The van der Waals surface area contributed by atoms with E-state index in [0.29, 0.717) is 23.8 Å². The van der Waals surface area contributed by atoms with Crippen molar-refractivity contribution in [3.8, 4) is 0 Å². The molecule has 21 heavy (non-hydrogen) atoms. The molecule has 1 heterocycles. The lowest BCUT2D eigenvalue weighted by Gasteiger charge is -2.21. The highest BCUT2D eigenvalue weighted by molar-refractivity contribution is 6.33. The van der Waals surface area contributed by atoms with E-state index in [1.165, 1.54) is 18.2 Å². The molecule has 0 aliphatic carbocycles. The van der Waals surface area contributed by atoms with Gasteiger partial charge in [-0.25, -0.2) is 9.59 Å². The average molecular weight is 312 g/mol. The van der Waals surface area contributed by atoms with Crippen LogP contribution in [0.3, 0.4) is 0 Å². The van der Waals surface area contributed by atoms with Crippen LogP contribution in [0.25, 0.3) is 0 Å². The molecular weight excluding hydrogens is 294 g/mol. The van der Waals surface area contributed by atoms with E-state index in [4.69, 9.17) is 16.7 Å². The molecule has 7 heteroatoms. The number of benzene rings is 1. The molecule has 2 rings (SSSR count). The van der Waals surface area contributed by atoms with Crippen LogP contribution in [-0.2, 0) is 0 Å². The maximum absolute atomic E-state index is 12.3. The zero-order valence-corrected chi connectivity index (χ0v) is 12.6. The van der Waals surface area contributed by atoms with E-state index >= 15 is 0 Å². The van der Waals surface area contributed by atoms with Gasteiger partial charge in [-0.15, -0.1) is 0 Å². The Kier molecular flexibility index (Phi) is 5.03. The summed E-state index contributed by atoms with van der Waals surface area (Å²) < 4.78 is 0. The fourth-order valence-corrected chi connectivity index (χ4v) is 2.36. The lowest BCUT2D eigenvalue weighted by atomic mass is 10.2. The number of nitrogens with zero attached hydrogens (tertiary/aromatic N) is 2. The van der Waals surface area contributed by atoms with Crippen LogP contribution < -0.4 is 5.32 Å². The molecule has 1 fully saturated rings. The van der Waals surface area contributed by atoms with Crippen LogP contribution in [0.2, 0.25) is 5.02 Å². The van der Waals surface area contributed by atoms with E-state index < -0.39 is 5.97 Å². The van der Waals surface area contributed by atoms with Crippen molar-refractivity contribution in [3.63, 3.8) is 0 Å². The van der Waals surface area contributed by atoms with E-state index in [1.807, 2.05) is 7.05 Å². The first-order valence-corrected chi connectivity index (χ1v) is 7.12. The number of rotatable bonds is 2. The summed E-state index contributed by atoms with van der Waals surface area (Å²) in [6, 6.07) is 3.99. The minimum Gasteiger partial charge on any atom is -0.478 e. The number of urea groups is 1. The topological polar surface area (TPSA) is 72.9 Å². The Morgan fingerprint density at radius 1 is 1.24 bits per heavy atom. The minimum atomic E-state index is -1.06. The number of hydrogen-bond donors (Lipinski definition) is 2. The van der Waals surface area contributed by atoms with Crippen LogP contribution in [-0.4, -0.2) is 60.1 Å². The Morgan fingerprint density at radius 3 is 2.71 bits per heavy atom. The quantitative estimate of drug-likeness (QED) is 0.878. The molecule has 0 aromatic heterocycles. The largest absolute Gasteiger partial charge is 0.478 e. The van der Waals surface area contributed by atoms with Crippen molar-refractivity contribution in [1.82, 2.24) is 9.80 Å². The average Bonchev–Trinajstić information content (AvgIpc) is 2.65. The summed E-state index contributed by atoms with van der Waals surface area (Å²) in [6.45, 7) is 3.08. The molecule has 0 atom stereocenters. The monoisotopic (exact) mass is 311 g/mol. The lowest BCUT2D eigenvalue weighted by Crippen LogP contribution is -2.37. The molecule has 0 radical (unpaired) electrons. The molecule has 6 nitrogen and oxygen atoms in total. The standard InChI is InChI=1S/C14H18ClN3O3/c1-17-5-2-6-18(8-7-17)14(21)16-12-9-10(13(19)20)3-4-11(12)15/h3-4,9H,2,5-8H2,1H3,(H,16,21)(H,19,20). The van der Waals surface area contributed by atoms with Gasteiger partial charge in [0.05, 0.1) is 16.3 Å². The molecule has 1 saturated heterocycles. The normalized spacial score (nSPS) is 16.4. The first-order valence-electron chi connectivity index (χ1n) is 6.74. The minimum absolute atomic E-state index is 0.0882. The Hall–Kier alpha value is -1.79. The van der Waals surface area contributed by atoms with Gasteiger partial charge >= 0.3 is 12.0 Å². The number of carboxylic acids is 1. The molecular formula is C14H18ClN3O3. The van der Waals surface area contributed by atoms with Crippen molar-refractivity contribution in [2.45, 2.75) is 6.42 Å². The maximum Gasteiger partial charge on any atom is 0.335 e. The van der Waals surface area contributed by atoms with Gasteiger partial charge in [0.25, 0.3) is 0 Å². The van der Waals surface area contributed by atoms with Crippen LogP contribution in [0.4, 0.5) is 10.5 Å². The summed E-state index contributed by atoms with van der Waals surface area (Å²) in [5.74, 6) is -1.06. The summed E-state index contributed by atoms with van der Waals surface area (Å²) in [5.41, 5.74) is 0.407. The summed E-state index contributed by atoms with van der Waals surface area (Å²) in [4.78, 5) is 27.1. The third-order valence-corrected chi connectivity index (χ3v) is 3.79. The second-order valence-electron chi connectivity index (χ2n) is 5.07. The van der Waals surface area contributed by atoms with E-state index in [-0.39, 0.29) is 11.6 Å². The molecule has 0 unspecified atom stereocenters. The number of amides is 2. The van der Waals surface area contributed by atoms with Crippen LogP contribution in [0.5, 0.6) is 0 Å². The fraction of sp³-hybridized carbons (Fsp3) is 0.429. The van der Waals surface area contributed by atoms with E-state index in [2.05, 4.69) is 10.2 Å². The molecule has 1 aliphatic heterocycles. The second kappa shape index (κ2) is 6.78. The van der Waals surface area contributed by atoms with Gasteiger partial charge in [-0.05, 0) is 38.2 Å². The van der Waals surface area contributed by atoms with Crippen molar-refractivity contribution in [2.24, 2.45) is 0 Å². The zero-order chi connectivity index (χ0) is 15.4. The van der Waals surface area contributed by atoms with Gasteiger partial charge < -0.3 is 20.2 Å². The van der Waals surface area contributed by atoms with Gasteiger partial charge in [0.15, 0.2) is 0 Å². The van der Waals surface area contributed by atoms with Crippen LogP contribution in [0, 0.1) is 0 Å². The smallest absolute Gasteiger partial charge is 0.335 e. The molecule has 0 spiro atoms. The molecule has 114 valence electrons. The van der Waals surface area contributed by atoms with E-state index in [1.54, 1.807) is 4.90 Å². The number of anilines is 1. The molecule has 2 amide bonds. The van der Waals surface area contributed by atoms with Gasteiger partial charge in [0.1, 0.15) is 0 Å². The predicted octanol–water partition coefficient (Wildman–Crippen LogP) is 2.21. The van der Waals surface area contributed by atoms with Gasteiger partial charge in [-0.1, -0.05) is 11.6 Å². The summed E-state index contributed by atoms with van der Waals surface area (Å²) in [5, 5.41) is 12.0. The highest BCUT2D eigenvalue weighted by Crippen LogP contribution is 2.23. The van der Waals surface area contributed by atoms with Crippen molar-refractivity contribution < 1.29 is 14.7 Å². The van der Waals surface area contributed by atoms with Gasteiger partial charge in [-0.3, -0.25) is 0 Å². The highest BCUT2D eigenvalue weighted by Gasteiger charge is 2.18. The second-order valence-corrected chi connectivity index (χ2v) is 5.48. The molecule has 2 N–H and O–H groups in total. The van der Waals surface area contributed by atoms with Crippen LogP contribution >= 0.6 is 11.6 Å². The first-order chi connectivity index (χ1) is 9.97. The summed E-state index contributed by atoms with van der Waals surface area (Å²) in [7, 11) is 2.02. The summed E-state index contributed by atoms with van der Waals surface area (Å²) in [6.07, 6.45) is 0.910. The van der Waals surface area contributed by atoms with Gasteiger partial charge in [-0.2, -0.15) is 0 Å². The number of carbonyl (C=O) groups is 2. The number of hydrogen-bond acceptors (Lipinski definition) is 3. The molecule has 0 bridgehead atoms. The van der Waals surface area contributed by atoms with Gasteiger partial charge in [0.2, 0.25) is 0 Å². The van der Waals surface area contributed by atoms with Crippen molar-refractivity contribution in [2.75, 3.05) is 38.5 Å². The van der Waals surface area contributed by atoms with E-state index in [9.17, 15) is 9.59 Å². The zero-order valence-electron chi connectivity index (χ0n) is 11.8. The third-order valence-electron chi connectivity index (χ3n) is 3.46. The number of likely N-dealkylation sites (N-methyl/N-ethyl adjacent to an activating group) is 1. The van der Waals surface area contributed by atoms with Crippen molar-refractivity contribution >= 4 is 29.3 Å². The number of aromatic carboxylic acids is 1. The van der Waals surface area contributed by atoms with E-state index in [0.717, 1.165) is 19.5 Å². The van der Waals surface area contributed by atoms with Crippen molar-refractivity contribution in [1.29, 1.82) is 0 Å². The SMILES string of the molecule is CN1CCCN(C(=O)Nc2cc(C(=O)O)ccc2Cl)CC1. The van der Waals surface area contributed by atoms with Crippen LogP contribution in [0.15, 0.2) is 18.2 Å². The Bertz CT molecular complexity index is 550. The third kappa shape index (κ3) is 4.09. The fourth-order valence-electron chi connectivity index (χ4n) is 2.20. The number of carbonyl (C=O) groups excluding carboxylic acids is 1. The highest BCUT2D eigenvalue weighted by atomic mass is 35.5.